The molecule has 7 heteroatoms. The Kier molecular flexibility index (Phi) is 3.51. The normalized spacial score (nSPS) is 11.8. The van der Waals surface area contributed by atoms with Gasteiger partial charge in [0.15, 0.2) is 0 Å². The summed E-state index contributed by atoms with van der Waals surface area (Å²) in [5.74, 6) is 0.152. The zero-order chi connectivity index (χ0) is 11.6. The Morgan fingerprint density at radius 1 is 1.40 bits per heavy atom. The van der Waals surface area contributed by atoms with Crippen LogP contribution in [0.2, 0.25) is 0 Å². The number of benzene rings is 1. The van der Waals surface area contributed by atoms with Gasteiger partial charge in [0.2, 0.25) is 0 Å². The third-order valence-corrected chi connectivity index (χ3v) is 3.10. The predicted octanol–water partition coefficient (Wildman–Crippen LogP) is 2.56. The number of halogens is 3. The Morgan fingerprint density at radius 2 is 2.00 bits per heavy atom. The first-order valence-corrected chi connectivity index (χ1v) is 6.08. The van der Waals surface area contributed by atoms with Gasteiger partial charge in [0.1, 0.15) is 5.75 Å². The molecule has 0 aliphatic carbocycles. The lowest BCUT2D eigenvalue weighted by atomic mass is 10.2. The van der Waals surface area contributed by atoms with E-state index in [4.69, 9.17) is 15.4 Å². The SMILES string of the molecule is COc1ccc(C(F)F)c(S(=O)(=O)Cl)c1. The lowest BCUT2D eigenvalue weighted by Gasteiger charge is -2.07. The molecule has 0 saturated carbocycles. The molecule has 0 amide bonds. The van der Waals surface area contributed by atoms with Crippen molar-refractivity contribution >= 4 is 19.7 Å². The summed E-state index contributed by atoms with van der Waals surface area (Å²) in [7, 11) is 2.11. The van der Waals surface area contributed by atoms with E-state index in [1.165, 1.54) is 13.2 Å². The number of hydrogen-bond donors (Lipinski definition) is 0. The molecule has 3 nitrogen and oxygen atoms in total. The van der Waals surface area contributed by atoms with Gasteiger partial charge >= 0.3 is 0 Å². The molecule has 84 valence electrons. The number of methoxy groups -OCH3 is 1. The first kappa shape index (κ1) is 12.2. The Morgan fingerprint density at radius 3 is 2.40 bits per heavy atom. The second-order valence-electron chi connectivity index (χ2n) is 2.64. The molecule has 0 bridgehead atoms. The Balaban J connectivity index is 3.43. The molecule has 1 rings (SSSR count). The summed E-state index contributed by atoms with van der Waals surface area (Å²) in [4.78, 5) is -0.626. The Bertz CT molecular complexity index is 459. The van der Waals surface area contributed by atoms with Crippen molar-refractivity contribution in [1.82, 2.24) is 0 Å². The lowest BCUT2D eigenvalue weighted by Crippen LogP contribution is -1.99. The van der Waals surface area contributed by atoms with Gasteiger partial charge in [0.05, 0.1) is 12.0 Å². The van der Waals surface area contributed by atoms with Gasteiger partial charge in [-0.15, -0.1) is 0 Å². The van der Waals surface area contributed by atoms with E-state index < -0.39 is 25.9 Å². The van der Waals surface area contributed by atoms with Crippen molar-refractivity contribution in [3.63, 3.8) is 0 Å². The van der Waals surface area contributed by atoms with Crippen LogP contribution < -0.4 is 4.74 Å². The summed E-state index contributed by atoms with van der Waals surface area (Å²) in [6.07, 6.45) is -2.90. The molecule has 0 fully saturated rings. The molecule has 0 N–H and O–H groups in total. The minimum atomic E-state index is -4.20. The molecule has 0 aliphatic heterocycles. The zero-order valence-electron chi connectivity index (χ0n) is 7.58. The first-order valence-electron chi connectivity index (χ1n) is 3.77. The molecule has 0 saturated heterocycles. The largest absolute Gasteiger partial charge is 0.497 e. The van der Waals surface area contributed by atoms with Crippen LogP contribution in [-0.4, -0.2) is 15.5 Å². The molecule has 1 aromatic carbocycles. The summed E-state index contributed by atoms with van der Waals surface area (Å²) < 4.78 is 51.6. The summed E-state index contributed by atoms with van der Waals surface area (Å²) in [6.45, 7) is 0. The van der Waals surface area contributed by atoms with E-state index in [0.717, 1.165) is 12.1 Å². The highest BCUT2D eigenvalue weighted by molar-refractivity contribution is 8.13. The standard InChI is InChI=1S/C8H7ClF2O3S/c1-14-5-2-3-6(8(10)11)7(4-5)15(9,12)13/h2-4,8H,1H3. The maximum Gasteiger partial charge on any atom is 0.265 e. The van der Waals surface area contributed by atoms with E-state index in [2.05, 4.69) is 0 Å². The van der Waals surface area contributed by atoms with Crippen molar-refractivity contribution in [3.05, 3.63) is 23.8 Å². The smallest absolute Gasteiger partial charge is 0.265 e. The van der Waals surface area contributed by atoms with Gasteiger partial charge in [-0.1, -0.05) is 0 Å². The van der Waals surface area contributed by atoms with Crippen molar-refractivity contribution in [2.24, 2.45) is 0 Å². The van der Waals surface area contributed by atoms with Crippen LogP contribution in [0.5, 0.6) is 5.75 Å². The van der Waals surface area contributed by atoms with Crippen LogP contribution in [0.4, 0.5) is 8.78 Å². The summed E-state index contributed by atoms with van der Waals surface area (Å²) >= 11 is 0. The summed E-state index contributed by atoms with van der Waals surface area (Å²) in [6, 6.07) is 3.18. The quantitative estimate of drug-likeness (QED) is 0.781. The number of hydrogen-bond acceptors (Lipinski definition) is 3. The first-order chi connectivity index (χ1) is 6.86. The van der Waals surface area contributed by atoms with Crippen molar-refractivity contribution in [3.8, 4) is 5.75 Å². The van der Waals surface area contributed by atoms with Gasteiger partial charge < -0.3 is 4.74 Å². The average Bonchev–Trinajstić information content (AvgIpc) is 2.15. The topological polar surface area (TPSA) is 43.4 Å². The van der Waals surface area contributed by atoms with Crippen molar-refractivity contribution in [2.45, 2.75) is 11.3 Å². The van der Waals surface area contributed by atoms with Crippen molar-refractivity contribution in [1.29, 1.82) is 0 Å². The van der Waals surface area contributed by atoms with Crippen molar-refractivity contribution in [2.75, 3.05) is 7.11 Å². The zero-order valence-corrected chi connectivity index (χ0v) is 9.15. The van der Waals surface area contributed by atoms with E-state index in [9.17, 15) is 17.2 Å². The maximum atomic E-state index is 12.4. The van der Waals surface area contributed by atoms with E-state index in [1.807, 2.05) is 0 Å². The van der Waals surface area contributed by atoms with Gasteiger partial charge in [0, 0.05) is 22.3 Å². The summed E-state index contributed by atoms with van der Waals surface area (Å²) in [5, 5.41) is 0. The molecule has 0 spiro atoms. The van der Waals surface area contributed by atoms with Crippen LogP contribution in [0.1, 0.15) is 12.0 Å². The minimum Gasteiger partial charge on any atom is -0.497 e. The highest BCUT2D eigenvalue weighted by atomic mass is 35.7. The van der Waals surface area contributed by atoms with Gasteiger partial charge in [-0.3, -0.25) is 0 Å². The fraction of sp³-hybridized carbons (Fsp3) is 0.250. The monoisotopic (exact) mass is 256 g/mol. The van der Waals surface area contributed by atoms with Gasteiger partial charge in [-0.05, 0) is 12.1 Å². The van der Waals surface area contributed by atoms with E-state index in [-0.39, 0.29) is 5.75 Å². The minimum absolute atomic E-state index is 0.152. The van der Waals surface area contributed by atoms with E-state index in [1.54, 1.807) is 0 Å². The second-order valence-corrected chi connectivity index (χ2v) is 5.18. The van der Waals surface area contributed by atoms with Gasteiger partial charge in [-0.2, -0.15) is 0 Å². The molecular formula is C8H7ClF2O3S. The third-order valence-electron chi connectivity index (χ3n) is 1.72. The summed E-state index contributed by atoms with van der Waals surface area (Å²) in [5.41, 5.74) is -0.634. The maximum absolute atomic E-state index is 12.4. The Labute approximate surface area is 90.0 Å². The van der Waals surface area contributed by atoms with Crippen LogP contribution in [0.25, 0.3) is 0 Å². The predicted molar refractivity (Wildman–Crippen MR) is 51.0 cm³/mol. The molecule has 15 heavy (non-hydrogen) atoms. The molecule has 0 heterocycles. The lowest BCUT2D eigenvalue weighted by molar-refractivity contribution is 0.148. The molecule has 0 atom stereocenters. The molecule has 0 radical (unpaired) electrons. The number of ether oxygens (including phenoxy) is 1. The fourth-order valence-corrected chi connectivity index (χ4v) is 2.13. The van der Waals surface area contributed by atoms with Crippen molar-refractivity contribution < 1.29 is 21.9 Å². The molecule has 0 aromatic heterocycles. The average molecular weight is 257 g/mol. The van der Waals surface area contributed by atoms with Crippen LogP contribution in [0, 0.1) is 0 Å². The van der Waals surface area contributed by atoms with Crippen LogP contribution in [-0.2, 0) is 9.05 Å². The Hall–Kier alpha value is -0.880. The highest BCUT2D eigenvalue weighted by Crippen LogP contribution is 2.31. The molecule has 0 unspecified atom stereocenters. The van der Waals surface area contributed by atoms with Gasteiger partial charge in [0.25, 0.3) is 15.5 Å². The molecular weight excluding hydrogens is 250 g/mol. The second kappa shape index (κ2) is 4.32. The van der Waals surface area contributed by atoms with Crippen LogP contribution in [0.15, 0.2) is 23.1 Å². The molecule has 0 aliphatic rings. The fourth-order valence-electron chi connectivity index (χ4n) is 1.03. The highest BCUT2D eigenvalue weighted by Gasteiger charge is 2.22. The van der Waals surface area contributed by atoms with Gasteiger partial charge in [-0.25, -0.2) is 17.2 Å². The van der Waals surface area contributed by atoms with Crippen LogP contribution >= 0.6 is 10.7 Å². The third kappa shape index (κ3) is 2.79. The van der Waals surface area contributed by atoms with E-state index >= 15 is 0 Å². The number of alkyl halides is 2. The van der Waals surface area contributed by atoms with E-state index in [0.29, 0.717) is 0 Å². The number of rotatable bonds is 3. The molecule has 1 aromatic rings. The van der Waals surface area contributed by atoms with Crippen LogP contribution in [0.3, 0.4) is 0 Å².